The van der Waals surface area contributed by atoms with Gasteiger partial charge >= 0.3 is 0 Å². The molecule has 0 unspecified atom stereocenters. The molecular weight excluding hydrogens is 423 g/mol. The number of ether oxygens (including phenoxy) is 1. The number of halogens is 1. The van der Waals surface area contributed by atoms with E-state index < -0.39 is 0 Å². The Bertz CT molecular complexity index is 1150. The van der Waals surface area contributed by atoms with Gasteiger partial charge in [-0.05, 0) is 63.9 Å². The molecule has 1 saturated heterocycles. The lowest BCUT2D eigenvalue weighted by Gasteiger charge is -2.37. The van der Waals surface area contributed by atoms with Crippen LogP contribution < -0.4 is 10.2 Å². The van der Waals surface area contributed by atoms with Gasteiger partial charge in [0, 0.05) is 36.6 Å². The van der Waals surface area contributed by atoms with E-state index in [1.165, 1.54) is 6.26 Å². The fourth-order valence-corrected chi connectivity index (χ4v) is 4.44. The topological polar surface area (TPSA) is 80.5 Å². The molecule has 0 spiro atoms. The number of hydrogen-bond donors (Lipinski definition) is 1. The maximum Gasteiger partial charge on any atom is 0.256 e. The van der Waals surface area contributed by atoms with Gasteiger partial charge in [-0.15, -0.1) is 0 Å². The predicted molar refractivity (Wildman–Crippen MR) is 124 cm³/mol. The Hall–Kier alpha value is -3.26. The van der Waals surface area contributed by atoms with E-state index in [-0.39, 0.29) is 30.5 Å². The van der Waals surface area contributed by atoms with Gasteiger partial charge in [-0.2, -0.15) is 0 Å². The number of benzene rings is 1. The highest BCUT2D eigenvalue weighted by Gasteiger charge is 2.27. The molecule has 2 atom stereocenters. The average molecular weight is 453 g/mol. The van der Waals surface area contributed by atoms with Crippen molar-refractivity contribution in [2.75, 3.05) is 18.0 Å². The van der Waals surface area contributed by atoms with Crippen LogP contribution in [-0.4, -0.2) is 41.3 Å². The number of aromatic nitrogens is 2. The van der Waals surface area contributed by atoms with Crippen molar-refractivity contribution in [3.63, 3.8) is 0 Å². The second kappa shape index (κ2) is 9.31. The van der Waals surface area contributed by atoms with E-state index in [0.29, 0.717) is 41.2 Å². The summed E-state index contributed by atoms with van der Waals surface area (Å²) in [6, 6.07) is 7.41. The first kappa shape index (κ1) is 22.9. The van der Waals surface area contributed by atoms with Gasteiger partial charge < -0.3 is 19.5 Å². The van der Waals surface area contributed by atoms with Crippen molar-refractivity contribution < 1.29 is 18.4 Å². The molecule has 33 heavy (non-hydrogen) atoms. The normalized spacial score (nSPS) is 18.4. The van der Waals surface area contributed by atoms with Gasteiger partial charge in [0.2, 0.25) is 0 Å². The molecule has 0 aliphatic carbocycles. The first-order valence-electron chi connectivity index (χ1n) is 11.1. The molecule has 1 aliphatic rings. The van der Waals surface area contributed by atoms with Gasteiger partial charge in [-0.3, -0.25) is 9.78 Å². The summed E-state index contributed by atoms with van der Waals surface area (Å²) in [5.74, 6) is -0.628. The Morgan fingerprint density at radius 1 is 1.15 bits per heavy atom. The van der Waals surface area contributed by atoms with Crippen LogP contribution in [0.25, 0.3) is 11.1 Å². The van der Waals surface area contributed by atoms with Crippen molar-refractivity contribution in [2.24, 2.45) is 0 Å². The zero-order chi connectivity index (χ0) is 23.7. The number of rotatable bonds is 5. The maximum absolute atomic E-state index is 16.1. The van der Waals surface area contributed by atoms with Crippen molar-refractivity contribution in [1.29, 1.82) is 0 Å². The first-order valence-corrected chi connectivity index (χ1v) is 11.1. The lowest BCUT2D eigenvalue weighted by molar-refractivity contribution is -0.00539. The van der Waals surface area contributed by atoms with Crippen LogP contribution in [0.3, 0.4) is 0 Å². The van der Waals surface area contributed by atoms with Crippen molar-refractivity contribution >= 4 is 11.6 Å². The summed E-state index contributed by atoms with van der Waals surface area (Å²) >= 11 is 0. The molecule has 0 saturated carbocycles. The largest absolute Gasteiger partial charge is 0.372 e. The summed E-state index contributed by atoms with van der Waals surface area (Å²) in [6.07, 6.45) is 1.33. The third-order valence-corrected chi connectivity index (χ3v) is 5.77. The molecule has 0 bridgehead atoms. The highest BCUT2D eigenvalue weighted by atomic mass is 19.1. The SMILES string of the molecule is Cc1cc(-c2c(CNC(=O)c3conc3C)ccc(N3C[C@@H](C)O[C@@H](C)C3)c2F)cc(C)n1. The van der Waals surface area contributed by atoms with Gasteiger partial charge in [0.1, 0.15) is 11.8 Å². The van der Waals surface area contributed by atoms with Crippen LogP contribution in [-0.2, 0) is 11.3 Å². The Morgan fingerprint density at radius 2 is 1.82 bits per heavy atom. The molecule has 3 aromatic rings. The van der Waals surface area contributed by atoms with Crippen LogP contribution in [0.5, 0.6) is 0 Å². The van der Waals surface area contributed by atoms with E-state index in [1.54, 1.807) is 13.0 Å². The second-order valence-corrected chi connectivity index (χ2v) is 8.73. The fourth-order valence-electron chi connectivity index (χ4n) is 4.44. The number of anilines is 1. The quantitative estimate of drug-likeness (QED) is 0.620. The number of carbonyl (C=O) groups is 1. The first-order chi connectivity index (χ1) is 15.7. The average Bonchev–Trinajstić information content (AvgIpc) is 3.16. The molecule has 1 fully saturated rings. The van der Waals surface area contributed by atoms with Crippen molar-refractivity contribution in [3.8, 4) is 11.1 Å². The molecule has 3 heterocycles. The molecule has 1 amide bonds. The van der Waals surface area contributed by atoms with E-state index in [4.69, 9.17) is 9.26 Å². The minimum atomic E-state index is -0.317. The molecule has 8 heteroatoms. The van der Waals surface area contributed by atoms with E-state index in [9.17, 15) is 4.79 Å². The molecule has 2 aromatic heterocycles. The van der Waals surface area contributed by atoms with Gasteiger partial charge in [-0.25, -0.2) is 4.39 Å². The Morgan fingerprint density at radius 3 is 2.42 bits per heavy atom. The molecule has 4 rings (SSSR count). The van der Waals surface area contributed by atoms with Crippen LogP contribution in [0.1, 0.15) is 46.9 Å². The summed E-state index contributed by atoms with van der Waals surface area (Å²) in [5, 5.41) is 6.62. The number of carbonyl (C=O) groups excluding carboxylic acids is 1. The molecule has 7 nitrogen and oxygen atoms in total. The molecule has 174 valence electrons. The summed E-state index contributed by atoms with van der Waals surface area (Å²) in [7, 11) is 0. The maximum atomic E-state index is 16.1. The molecular formula is C25H29FN4O3. The second-order valence-electron chi connectivity index (χ2n) is 8.73. The van der Waals surface area contributed by atoms with Gasteiger partial charge in [0.05, 0.1) is 23.6 Å². The molecule has 1 aromatic carbocycles. The monoisotopic (exact) mass is 452 g/mol. The molecule has 1 aliphatic heterocycles. The van der Waals surface area contributed by atoms with E-state index >= 15 is 4.39 Å². The van der Waals surface area contributed by atoms with Crippen LogP contribution in [0, 0.1) is 26.6 Å². The number of hydrogen-bond acceptors (Lipinski definition) is 6. The Kier molecular flexibility index (Phi) is 6.47. The third-order valence-electron chi connectivity index (χ3n) is 5.77. The van der Waals surface area contributed by atoms with Gasteiger partial charge in [0.15, 0.2) is 5.82 Å². The smallest absolute Gasteiger partial charge is 0.256 e. The highest BCUT2D eigenvalue weighted by Crippen LogP contribution is 2.35. The summed E-state index contributed by atoms with van der Waals surface area (Å²) < 4.78 is 26.8. The fraction of sp³-hybridized carbons (Fsp3) is 0.400. The zero-order valence-electron chi connectivity index (χ0n) is 19.6. The van der Waals surface area contributed by atoms with Gasteiger partial charge in [0.25, 0.3) is 5.91 Å². The number of morpholine rings is 1. The lowest BCUT2D eigenvalue weighted by atomic mass is 9.96. The molecule has 0 radical (unpaired) electrons. The van der Waals surface area contributed by atoms with E-state index in [0.717, 1.165) is 17.0 Å². The van der Waals surface area contributed by atoms with Crippen LogP contribution in [0.15, 0.2) is 35.1 Å². The van der Waals surface area contributed by atoms with Crippen molar-refractivity contribution in [1.82, 2.24) is 15.5 Å². The van der Waals surface area contributed by atoms with Gasteiger partial charge in [-0.1, -0.05) is 11.2 Å². The van der Waals surface area contributed by atoms with Crippen molar-refractivity contribution in [3.05, 3.63) is 64.6 Å². The third kappa shape index (κ3) is 4.90. The zero-order valence-corrected chi connectivity index (χ0v) is 19.6. The van der Waals surface area contributed by atoms with Crippen LogP contribution in [0.2, 0.25) is 0 Å². The summed E-state index contributed by atoms with van der Waals surface area (Å²) in [4.78, 5) is 19.1. The standard InChI is InChI=1S/C25H29FN4O3/c1-14-8-20(9-15(2)28-14)23-19(10-27-25(31)21-13-32-29-18(21)5)6-7-22(24(23)26)30-11-16(3)33-17(4)12-30/h6-9,13,16-17H,10-12H2,1-5H3,(H,27,31)/t16-,17+. The number of nitrogens with one attached hydrogen (secondary N) is 1. The van der Waals surface area contributed by atoms with E-state index in [1.807, 2.05) is 50.8 Å². The number of nitrogens with zero attached hydrogens (tertiary/aromatic N) is 3. The van der Waals surface area contributed by atoms with Crippen LogP contribution in [0.4, 0.5) is 10.1 Å². The predicted octanol–water partition coefficient (Wildman–Crippen LogP) is 4.34. The van der Waals surface area contributed by atoms with Crippen LogP contribution >= 0.6 is 0 Å². The van der Waals surface area contributed by atoms with E-state index in [2.05, 4.69) is 15.5 Å². The number of amides is 1. The Balaban J connectivity index is 1.73. The Labute approximate surface area is 192 Å². The van der Waals surface area contributed by atoms with Crippen molar-refractivity contribution in [2.45, 2.75) is 53.4 Å². The minimum absolute atomic E-state index is 0.00721. The number of aryl methyl sites for hydroxylation is 3. The summed E-state index contributed by atoms with van der Waals surface area (Å²) in [6.45, 7) is 10.8. The molecule has 1 N–H and O–H groups in total. The highest BCUT2D eigenvalue weighted by molar-refractivity contribution is 5.94. The number of pyridine rings is 1. The minimum Gasteiger partial charge on any atom is -0.372 e. The lowest BCUT2D eigenvalue weighted by Crippen LogP contribution is -2.45. The summed E-state index contributed by atoms with van der Waals surface area (Å²) in [5.41, 5.74) is 4.89.